The lowest BCUT2D eigenvalue weighted by atomic mass is 10.1. The topological polar surface area (TPSA) is 65.5 Å². The Morgan fingerprint density at radius 2 is 1.79 bits per heavy atom. The van der Waals surface area contributed by atoms with Gasteiger partial charge in [0.05, 0.1) is 6.54 Å². The molecule has 0 atom stereocenters. The minimum Gasteiger partial charge on any atom is -0.357 e. The molecule has 28 heavy (non-hydrogen) atoms. The summed E-state index contributed by atoms with van der Waals surface area (Å²) in [4.78, 5) is 18.0. The van der Waals surface area contributed by atoms with Crippen molar-refractivity contribution in [2.75, 3.05) is 25.4 Å². The van der Waals surface area contributed by atoms with Crippen LogP contribution in [0.2, 0.25) is 0 Å². The highest BCUT2D eigenvalue weighted by Crippen LogP contribution is 2.15. The number of amides is 1. The zero-order chi connectivity index (χ0) is 20.0. The Balaban J connectivity index is 1.86. The Kier molecular flexibility index (Phi) is 10.0. The van der Waals surface area contributed by atoms with Crippen LogP contribution in [0.5, 0.6) is 0 Å². The van der Waals surface area contributed by atoms with Crippen molar-refractivity contribution in [2.24, 2.45) is 4.99 Å². The second-order valence-corrected chi connectivity index (χ2v) is 7.41. The van der Waals surface area contributed by atoms with E-state index < -0.39 is 0 Å². The summed E-state index contributed by atoms with van der Waals surface area (Å²) in [5.41, 5.74) is 1.69. The third-order valence-corrected chi connectivity index (χ3v) is 4.91. The van der Waals surface area contributed by atoms with E-state index in [-0.39, 0.29) is 5.91 Å². The second-order valence-electron chi connectivity index (χ2n) is 6.24. The van der Waals surface area contributed by atoms with Crippen LogP contribution >= 0.6 is 11.8 Å². The van der Waals surface area contributed by atoms with Gasteiger partial charge in [-0.15, -0.1) is 11.8 Å². The fourth-order valence-corrected chi connectivity index (χ4v) is 3.31. The van der Waals surface area contributed by atoms with Gasteiger partial charge in [-0.05, 0) is 43.2 Å². The van der Waals surface area contributed by atoms with Crippen LogP contribution in [0, 0.1) is 0 Å². The molecule has 0 bridgehead atoms. The second kappa shape index (κ2) is 12.8. The number of benzene rings is 2. The summed E-state index contributed by atoms with van der Waals surface area (Å²) in [6.45, 7) is 6.93. The van der Waals surface area contributed by atoms with E-state index in [2.05, 4.69) is 52.1 Å². The Bertz CT molecular complexity index is 749. The number of rotatable bonds is 10. The summed E-state index contributed by atoms with van der Waals surface area (Å²) in [5.74, 6) is 1.72. The van der Waals surface area contributed by atoms with Gasteiger partial charge in [-0.3, -0.25) is 4.79 Å². The van der Waals surface area contributed by atoms with Crippen LogP contribution < -0.4 is 16.0 Å². The summed E-state index contributed by atoms with van der Waals surface area (Å²) >= 11 is 1.82. The molecule has 0 radical (unpaired) electrons. The monoisotopic (exact) mass is 398 g/mol. The number of carbonyl (C=O) groups is 1. The molecule has 1 amide bonds. The van der Waals surface area contributed by atoms with Crippen LogP contribution in [0.3, 0.4) is 0 Å². The van der Waals surface area contributed by atoms with Gasteiger partial charge < -0.3 is 16.0 Å². The van der Waals surface area contributed by atoms with Crippen molar-refractivity contribution in [3.63, 3.8) is 0 Å². The highest BCUT2D eigenvalue weighted by molar-refractivity contribution is 7.99. The number of hydrogen-bond donors (Lipinski definition) is 3. The fraction of sp³-hybridized carbons (Fsp3) is 0.364. The van der Waals surface area contributed by atoms with Gasteiger partial charge in [0, 0.05) is 35.8 Å². The molecule has 0 unspecified atom stereocenters. The van der Waals surface area contributed by atoms with Gasteiger partial charge in [0.25, 0.3) is 5.91 Å². The van der Waals surface area contributed by atoms with Crippen molar-refractivity contribution in [2.45, 2.75) is 31.7 Å². The number of thioether (sulfide) groups is 1. The molecular weight excluding hydrogens is 368 g/mol. The number of carbonyl (C=O) groups excluding carboxylic acids is 1. The lowest BCUT2D eigenvalue weighted by molar-refractivity contribution is 0.0953. The zero-order valence-corrected chi connectivity index (χ0v) is 17.5. The van der Waals surface area contributed by atoms with E-state index in [9.17, 15) is 4.79 Å². The van der Waals surface area contributed by atoms with Crippen LogP contribution in [0.25, 0.3) is 0 Å². The molecule has 0 heterocycles. The lowest BCUT2D eigenvalue weighted by Gasteiger charge is -2.11. The number of nitrogens with one attached hydrogen (secondary N) is 3. The molecule has 0 fully saturated rings. The van der Waals surface area contributed by atoms with Crippen molar-refractivity contribution in [1.82, 2.24) is 16.0 Å². The van der Waals surface area contributed by atoms with Crippen molar-refractivity contribution < 1.29 is 4.79 Å². The Hall–Kier alpha value is -2.47. The average Bonchev–Trinajstić information content (AvgIpc) is 2.74. The molecular formula is C22H30N4OS. The van der Waals surface area contributed by atoms with E-state index in [1.165, 1.54) is 4.90 Å². The highest BCUT2D eigenvalue weighted by atomic mass is 32.2. The predicted octanol–water partition coefficient (Wildman–Crippen LogP) is 3.67. The first-order chi connectivity index (χ1) is 13.7. The van der Waals surface area contributed by atoms with Gasteiger partial charge in [0.1, 0.15) is 0 Å². The average molecular weight is 399 g/mol. The molecule has 5 nitrogen and oxygen atoms in total. The summed E-state index contributed by atoms with van der Waals surface area (Å²) < 4.78 is 0. The van der Waals surface area contributed by atoms with E-state index in [0.717, 1.165) is 36.8 Å². The molecule has 3 N–H and O–H groups in total. The van der Waals surface area contributed by atoms with Crippen LogP contribution in [0.15, 0.2) is 64.5 Å². The van der Waals surface area contributed by atoms with Gasteiger partial charge in [-0.1, -0.05) is 37.3 Å². The lowest BCUT2D eigenvalue weighted by Crippen LogP contribution is -2.38. The molecule has 0 saturated carbocycles. The van der Waals surface area contributed by atoms with E-state index in [4.69, 9.17) is 0 Å². The fourth-order valence-electron chi connectivity index (χ4n) is 2.52. The molecule has 2 rings (SSSR count). The molecule has 0 aromatic heterocycles. The third kappa shape index (κ3) is 8.05. The van der Waals surface area contributed by atoms with Gasteiger partial charge >= 0.3 is 0 Å². The summed E-state index contributed by atoms with van der Waals surface area (Å²) in [6, 6.07) is 18.0. The smallest absolute Gasteiger partial charge is 0.251 e. The van der Waals surface area contributed by atoms with Crippen molar-refractivity contribution in [3.05, 3.63) is 65.7 Å². The number of hydrogen-bond acceptors (Lipinski definition) is 3. The first-order valence-electron chi connectivity index (χ1n) is 9.80. The molecule has 6 heteroatoms. The Labute approximate surface area is 172 Å². The summed E-state index contributed by atoms with van der Waals surface area (Å²) in [7, 11) is 0. The van der Waals surface area contributed by atoms with Crippen LogP contribution in [-0.4, -0.2) is 37.3 Å². The van der Waals surface area contributed by atoms with E-state index >= 15 is 0 Å². The van der Waals surface area contributed by atoms with Crippen LogP contribution in [0.1, 0.15) is 36.2 Å². The maximum Gasteiger partial charge on any atom is 0.251 e. The molecule has 0 spiro atoms. The molecule has 0 saturated heterocycles. The molecule has 150 valence electrons. The first-order valence-corrected chi connectivity index (χ1v) is 10.8. The van der Waals surface area contributed by atoms with Crippen LogP contribution in [0.4, 0.5) is 0 Å². The zero-order valence-electron chi connectivity index (χ0n) is 16.7. The molecule has 0 aliphatic carbocycles. The predicted molar refractivity (Wildman–Crippen MR) is 119 cm³/mol. The van der Waals surface area contributed by atoms with Crippen molar-refractivity contribution in [3.8, 4) is 0 Å². The number of guanidine groups is 1. The normalized spacial score (nSPS) is 11.1. The minimum absolute atomic E-state index is 0.0318. The number of aliphatic imine (C=N–C) groups is 1. The van der Waals surface area contributed by atoms with Gasteiger partial charge in [-0.2, -0.15) is 0 Å². The van der Waals surface area contributed by atoms with E-state index in [0.29, 0.717) is 18.7 Å². The quantitative estimate of drug-likeness (QED) is 0.247. The van der Waals surface area contributed by atoms with Crippen LogP contribution in [-0.2, 0) is 6.54 Å². The van der Waals surface area contributed by atoms with E-state index in [1.807, 2.05) is 49.0 Å². The standard InChI is InChI=1S/C22H30N4OS/c1-3-13-24-21(27)19-10-8-9-18(16-19)17-26-22(23-4-2)25-14-15-28-20-11-6-5-7-12-20/h5-12,16H,3-4,13-15,17H2,1-2H3,(H,24,27)(H2,23,25,26). The highest BCUT2D eigenvalue weighted by Gasteiger charge is 2.05. The SMILES string of the molecule is CCCNC(=O)c1cccc(CN=C(NCC)NCCSc2ccccc2)c1. The maximum atomic E-state index is 12.1. The molecule has 0 aliphatic heterocycles. The van der Waals surface area contributed by atoms with Gasteiger partial charge in [0.2, 0.25) is 0 Å². The first kappa shape index (κ1) is 21.8. The van der Waals surface area contributed by atoms with Gasteiger partial charge in [0.15, 0.2) is 5.96 Å². The summed E-state index contributed by atoms with van der Waals surface area (Å²) in [6.07, 6.45) is 0.927. The Morgan fingerprint density at radius 1 is 0.964 bits per heavy atom. The van der Waals surface area contributed by atoms with Crippen molar-refractivity contribution >= 4 is 23.6 Å². The largest absolute Gasteiger partial charge is 0.357 e. The molecule has 2 aromatic rings. The Morgan fingerprint density at radius 3 is 2.54 bits per heavy atom. The maximum absolute atomic E-state index is 12.1. The molecule has 0 aliphatic rings. The minimum atomic E-state index is -0.0318. The summed E-state index contributed by atoms with van der Waals surface area (Å²) in [5, 5.41) is 9.54. The van der Waals surface area contributed by atoms with Gasteiger partial charge in [-0.25, -0.2) is 4.99 Å². The third-order valence-electron chi connectivity index (χ3n) is 3.90. The molecule has 2 aromatic carbocycles. The number of nitrogens with zero attached hydrogens (tertiary/aromatic N) is 1. The van der Waals surface area contributed by atoms with E-state index in [1.54, 1.807) is 0 Å². The van der Waals surface area contributed by atoms with Crippen molar-refractivity contribution in [1.29, 1.82) is 0 Å².